The van der Waals surface area contributed by atoms with Crippen LogP contribution >= 0.6 is 0 Å². The van der Waals surface area contributed by atoms with E-state index in [0.29, 0.717) is 5.75 Å². The second kappa shape index (κ2) is 3.77. The van der Waals surface area contributed by atoms with Crippen molar-refractivity contribution in [1.29, 1.82) is 0 Å². The summed E-state index contributed by atoms with van der Waals surface area (Å²) in [6.45, 7) is 4.16. The fourth-order valence-corrected chi connectivity index (χ4v) is 1.72. The Labute approximate surface area is 90.0 Å². The van der Waals surface area contributed by atoms with E-state index in [4.69, 9.17) is 0 Å². The lowest BCUT2D eigenvalue weighted by molar-refractivity contribution is 0.475. The highest BCUT2D eigenvalue weighted by Crippen LogP contribution is 2.26. The first-order chi connectivity index (χ1) is 7.16. The highest BCUT2D eigenvalue weighted by Gasteiger charge is 2.02. The minimum atomic E-state index is 0.313. The quantitative estimate of drug-likeness (QED) is 0.741. The molecule has 2 aromatic carbocycles. The van der Waals surface area contributed by atoms with Crippen LogP contribution in [-0.4, -0.2) is 5.11 Å². The van der Waals surface area contributed by atoms with E-state index in [9.17, 15) is 5.11 Å². The fraction of sp³-hybridized carbons (Fsp3) is 0.143. The zero-order valence-electron chi connectivity index (χ0n) is 8.99. The van der Waals surface area contributed by atoms with Crippen LogP contribution in [0.4, 0.5) is 0 Å². The Bertz CT molecular complexity index is 486. The number of aromatic hydroxyl groups is 1. The van der Waals surface area contributed by atoms with Crippen molar-refractivity contribution >= 4 is 0 Å². The first-order valence-corrected chi connectivity index (χ1v) is 5.03. The van der Waals surface area contributed by atoms with Gasteiger partial charge in [0.15, 0.2) is 0 Å². The van der Waals surface area contributed by atoms with Gasteiger partial charge in [-0.05, 0) is 42.7 Å². The van der Waals surface area contributed by atoms with Crippen LogP contribution in [0, 0.1) is 13.8 Å². The normalized spacial score (nSPS) is 10.3. The van der Waals surface area contributed by atoms with Crippen LogP contribution in [0.15, 0.2) is 42.5 Å². The van der Waals surface area contributed by atoms with Crippen molar-refractivity contribution in [3.8, 4) is 16.9 Å². The second-order valence-corrected chi connectivity index (χ2v) is 3.87. The van der Waals surface area contributed by atoms with Crippen molar-refractivity contribution in [2.75, 3.05) is 0 Å². The summed E-state index contributed by atoms with van der Waals surface area (Å²) in [6, 6.07) is 13.7. The topological polar surface area (TPSA) is 20.2 Å². The highest BCUT2D eigenvalue weighted by molar-refractivity contribution is 5.69. The molecule has 0 unspecified atom stereocenters. The molecule has 1 N–H and O–H groups in total. The molecule has 0 aliphatic heterocycles. The van der Waals surface area contributed by atoms with E-state index in [1.165, 1.54) is 16.7 Å². The van der Waals surface area contributed by atoms with Gasteiger partial charge < -0.3 is 5.11 Å². The van der Waals surface area contributed by atoms with Crippen LogP contribution in [0.1, 0.15) is 11.1 Å². The van der Waals surface area contributed by atoms with Gasteiger partial charge in [-0.15, -0.1) is 0 Å². The first-order valence-electron chi connectivity index (χ1n) is 5.03. The lowest BCUT2D eigenvalue weighted by Gasteiger charge is -2.07. The Balaban J connectivity index is 2.58. The Hall–Kier alpha value is -1.76. The number of phenolic OH excluding ortho intramolecular Hbond substituents is 1. The molecule has 0 saturated heterocycles. The van der Waals surface area contributed by atoms with Gasteiger partial charge in [-0.1, -0.05) is 35.9 Å². The van der Waals surface area contributed by atoms with Crippen LogP contribution in [-0.2, 0) is 0 Å². The molecule has 76 valence electrons. The van der Waals surface area contributed by atoms with Crippen molar-refractivity contribution in [3.05, 3.63) is 53.6 Å². The van der Waals surface area contributed by atoms with E-state index >= 15 is 0 Å². The van der Waals surface area contributed by atoms with Crippen molar-refractivity contribution in [3.63, 3.8) is 0 Å². The van der Waals surface area contributed by atoms with Crippen molar-refractivity contribution in [2.24, 2.45) is 0 Å². The third kappa shape index (κ3) is 2.01. The lowest BCUT2D eigenvalue weighted by atomic mass is 9.98. The van der Waals surface area contributed by atoms with Crippen molar-refractivity contribution < 1.29 is 5.11 Å². The van der Waals surface area contributed by atoms with Crippen LogP contribution < -0.4 is 0 Å². The average molecular weight is 198 g/mol. The first kappa shape index (κ1) is 9.78. The number of rotatable bonds is 1. The second-order valence-electron chi connectivity index (χ2n) is 3.87. The van der Waals surface area contributed by atoms with Gasteiger partial charge in [-0.3, -0.25) is 0 Å². The molecule has 0 amide bonds. The molecule has 0 radical (unpaired) electrons. The number of phenols is 1. The Morgan fingerprint density at radius 1 is 0.933 bits per heavy atom. The molecular formula is C14H14O. The van der Waals surface area contributed by atoms with Crippen LogP contribution in [0.25, 0.3) is 11.1 Å². The van der Waals surface area contributed by atoms with E-state index in [1.54, 1.807) is 12.1 Å². The number of hydrogen-bond donors (Lipinski definition) is 1. The summed E-state index contributed by atoms with van der Waals surface area (Å²) in [5, 5.41) is 9.43. The molecule has 1 heteroatoms. The van der Waals surface area contributed by atoms with Crippen molar-refractivity contribution in [1.82, 2.24) is 0 Å². The van der Waals surface area contributed by atoms with Gasteiger partial charge in [0.1, 0.15) is 5.75 Å². The van der Waals surface area contributed by atoms with Crippen LogP contribution in [0.3, 0.4) is 0 Å². The molecule has 15 heavy (non-hydrogen) atoms. The molecule has 0 aliphatic carbocycles. The highest BCUT2D eigenvalue weighted by atomic mass is 16.3. The summed E-state index contributed by atoms with van der Waals surface area (Å²) in [5.74, 6) is 0.313. The van der Waals surface area contributed by atoms with Crippen LogP contribution in [0.5, 0.6) is 5.75 Å². The number of benzene rings is 2. The average Bonchev–Trinajstić information content (AvgIpc) is 2.22. The Morgan fingerprint density at radius 2 is 1.73 bits per heavy atom. The zero-order chi connectivity index (χ0) is 10.8. The van der Waals surface area contributed by atoms with E-state index in [2.05, 4.69) is 32.0 Å². The minimum Gasteiger partial charge on any atom is -0.508 e. The molecule has 1 nitrogen and oxygen atoms in total. The monoisotopic (exact) mass is 198 g/mol. The van der Waals surface area contributed by atoms with Gasteiger partial charge in [0.05, 0.1) is 0 Å². The largest absolute Gasteiger partial charge is 0.508 e. The van der Waals surface area contributed by atoms with Gasteiger partial charge >= 0.3 is 0 Å². The molecule has 0 spiro atoms. The predicted molar refractivity (Wildman–Crippen MR) is 63.0 cm³/mol. The lowest BCUT2D eigenvalue weighted by Crippen LogP contribution is -1.84. The third-order valence-electron chi connectivity index (χ3n) is 2.55. The van der Waals surface area contributed by atoms with E-state index in [1.807, 2.05) is 12.1 Å². The standard InChI is InChI=1S/C14H14O/c1-10-6-7-11(2)14(8-10)12-4-3-5-13(15)9-12/h3-9,15H,1-2H3. The molecule has 0 saturated carbocycles. The van der Waals surface area contributed by atoms with E-state index in [0.717, 1.165) is 5.56 Å². The predicted octanol–water partition coefficient (Wildman–Crippen LogP) is 3.68. The van der Waals surface area contributed by atoms with Gasteiger partial charge in [0, 0.05) is 0 Å². The molecule has 0 atom stereocenters. The number of aryl methyl sites for hydroxylation is 2. The van der Waals surface area contributed by atoms with Crippen molar-refractivity contribution in [2.45, 2.75) is 13.8 Å². The van der Waals surface area contributed by atoms with Gasteiger partial charge in [0.2, 0.25) is 0 Å². The molecule has 2 rings (SSSR count). The summed E-state index contributed by atoms with van der Waals surface area (Å²) in [7, 11) is 0. The molecule has 0 bridgehead atoms. The van der Waals surface area contributed by atoms with E-state index in [-0.39, 0.29) is 0 Å². The fourth-order valence-electron chi connectivity index (χ4n) is 1.72. The molecule has 0 heterocycles. The zero-order valence-corrected chi connectivity index (χ0v) is 8.99. The number of hydrogen-bond acceptors (Lipinski definition) is 1. The molecule has 2 aromatic rings. The SMILES string of the molecule is Cc1ccc(C)c(-c2cccc(O)c2)c1. The van der Waals surface area contributed by atoms with Gasteiger partial charge in [-0.2, -0.15) is 0 Å². The molecule has 0 aliphatic rings. The van der Waals surface area contributed by atoms with Gasteiger partial charge in [-0.25, -0.2) is 0 Å². The van der Waals surface area contributed by atoms with E-state index < -0.39 is 0 Å². The molecule has 0 aromatic heterocycles. The summed E-state index contributed by atoms with van der Waals surface area (Å²) < 4.78 is 0. The van der Waals surface area contributed by atoms with Gasteiger partial charge in [0.25, 0.3) is 0 Å². The Kier molecular flexibility index (Phi) is 2.46. The summed E-state index contributed by atoms with van der Waals surface area (Å²) in [6.07, 6.45) is 0. The third-order valence-corrected chi connectivity index (χ3v) is 2.55. The molecule has 0 fully saturated rings. The summed E-state index contributed by atoms with van der Waals surface area (Å²) in [5.41, 5.74) is 4.72. The maximum Gasteiger partial charge on any atom is 0.116 e. The summed E-state index contributed by atoms with van der Waals surface area (Å²) in [4.78, 5) is 0. The summed E-state index contributed by atoms with van der Waals surface area (Å²) >= 11 is 0. The maximum absolute atomic E-state index is 9.43. The Morgan fingerprint density at radius 3 is 2.47 bits per heavy atom. The molecular weight excluding hydrogens is 184 g/mol. The van der Waals surface area contributed by atoms with Crippen LogP contribution in [0.2, 0.25) is 0 Å². The minimum absolute atomic E-state index is 0.313. The smallest absolute Gasteiger partial charge is 0.116 e. The maximum atomic E-state index is 9.43.